The number of amidine groups is 1. The second-order valence-electron chi connectivity index (χ2n) is 8.23. The largest absolute Gasteiger partial charge is 0.497 e. The Bertz CT molecular complexity index is 1360. The van der Waals surface area contributed by atoms with Crippen molar-refractivity contribution in [2.45, 2.75) is 17.9 Å². The highest BCUT2D eigenvalue weighted by Gasteiger charge is 2.36. The number of para-hydroxylation sites is 2. The van der Waals surface area contributed by atoms with Gasteiger partial charge in [-0.15, -0.1) is 0 Å². The number of sulfonamides is 1. The summed E-state index contributed by atoms with van der Waals surface area (Å²) in [6.45, 7) is 3.19. The SMILES string of the molecule is COc1ccc2c(c1)C(N1CCN(S(=O)(=O)c3ccc(Cl)cc3)[C@H](C)C1)=Nc1ccccc1O2. The third kappa shape index (κ3) is 4.13. The molecule has 176 valence electrons. The van der Waals surface area contributed by atoms with Crippen LogP contribution in [0.5, 0.6) is 17.2 Å². The first kappa shape index (κ1) is 22.7. The van der Waals surface area contributed by atoms with Gasteiger partial charge in [0.05, 0.1) is 17.6 Å². The molecule has 0 radical (unpaired) electrons. The molecule has 1 saturated heterocycles. The Morgan fingerprint density at radius 3 is 2.53 bits per heavy atom. The molecule has 2 heterocycles. The van der Waals surface area contributed by atoms with Crippen molar-refractivity contribution in [3.63, 3.8) is 0 Å². The van der Waals surface area contributed by atoms with Crippen molar-refractivity contribution in [3.05, 3.63) is 77.3 Å². The molecule has 0 N–H and O–H groups in total. The molecule has 9 heteroatoms. The molecule has 3 aromatic rings. The fraction of sp³-hybridized carbons (Fsp3) is 0.240. The minimum atomic E-state index is -3.65. The molecule has 0 amide bonds. The Hall–Kier alpha value is -3.07. The van der Waals surface area contributed by atoms with E-state index in [1.54, 1.807) is 35.7 Å². The number of hydrogen-bond acceptors (Lipinski definition) is 6. The van der Waals surface area contributed by atoms with Crippen LogP contribution >= 0.6 is 11.6 Å². The third-order valence-electron chi connectivity index (χ3n) is 6.03. The molecule has 5 rings (SSSR count). The van der Waals surface area contributed by atoms with E-state index in [0.717, 1.165) is 17.1 Å². The molecule has 3 aromatic carbocycles. The van der Waals surface area contributed by atoms with Crippen LogP contribution in [0.4, 0.5) is 5.69 Å². The lowest BCUT2D eigenvalue weighted by atomic mass is 10.1. The number of piperazine rings is 1. The van der Waals surface area contributed by atoms with Crippen molar-refractivity contribution in [2.75, 3.05) is 26.7 Å². The first-order valence-corrected chi connectivity index (χ1v) is 12.7. The molecule has 0 aliphatic carbocycles. The van der Waals surface area contributed by atoms with Gasteiger partial charge in [0.1, 0.15) is 23.0 Å². The van der Waals surface area contributed by atoms with Crippen LogP contribution in [0.25, 0.3) is 0 Å². The van der Waals surface area contributed by atoms with E-state index < -0.39 is 10.0 Å². The quantitative estimate of drug-likeness (QED) is 0.513. The van der Waals surface area contributed by atoms with Crippen LogP contribution in [0.15, 0.2) is 76.6 Å². The molecule has 0 spiro atoms. The Morgan fingerprint density at radius 2 is 1.79 bits per heavy atom. The highest BCUT2D eigenvalue weighted by atomic mass is 35.5. The van der Waals surface area contributed by atoms with Crippen molar-refractivity contribution >= 4 is 33.1 Å². The van der Waals surface area contributed by atoms with Gasteiger partial charge < -0.3 is 14.4 Å². The summed E-state index contributed by atoms with van der Waals surface area (Å²) in [5, 5.41) is 0.500. The number of halogens is 1. The van der Waals surface area contributed by atoms with E-state index in [2.05, 4.69) is 4.90 Å². The average molecular weight is 498 g/mol. The number of benzene rings is 3. The summed E-state index contributed by atoms with van der Waals surface area (Å²) < 4.78 is 39.7. The number of aliphatic imine (C=N–C) groups is 1. The summed E-state index contributed by atoms with van der Waals surface area (Å²) in [5.41, 5.74) is 1.52. The van der Waals surface area contributed by atoms with Gasteiger partial charge in [0.15, 0.2) is 5.75 Å². The maximum Gasteiger partial charge on any atom is 0.243 e. The summed E-state index contributed by atoms with van der Waals surface area (Å²) in [4.78, 5) is 7.30. The second-order valence-corrected chi connectivity index (χ2v) is 10.6. The van der Waals surface area contributed by atoms with Crippen LogP contribution < -0.4 is 9.47 Å². The van der Waals surface area contributed by atoms with Crippen LogP contribution in [-0.2, 0) is 10.0 Å². The van der Waals surface area contributed by atoms with E-state index in [1.807, 2.05) is 49.4 Å². The van der Waals surface area contributed by atoms with E-state index in [1.165, 1.54) is 0 Å². The molecule has 0 bridgehead atoms. The lowest BCUT2D eigenvalue weighted by Crippen LogP contribution is -2.55. The predicted octanol–water partition coefficient (Wildman–Crippen LogP) is 4.93. The maximum absolute atomic E-state index is 13.3. The van der Waals surface area contributed by atoms with Crippen molar-refractivity contribution in [2.24, 2.45) is 4.99 Å². The maximum atomic E-state index is 13.3. The van der Waals surface area contributed by atoms with Crippen LogP contribution in [0.1, 0.15) is 12.5 Å². The summed E-state index contributed by atoms with van der Waals surface area (Å²) in [5.74, 6) is 2.77. The van der Waals surface area contributed by atoms with Crippen molar-refractivity contribution in [1.29, 1.82) is 0 Å². The number of rotatable bonds is 3. The van der Waals surface area contributed by atoms with E-state index in [-0.39, 0.29) is 10.9 Å². The fourth-order valence-electron chi connectivity index (χ4n) is 4.30. The van der Waals surface area contributed by atoms with Gasteiger partial charge in [0.2, 0.25) is 10.0 Å². The molecular formula is C25H24ClN3O4S. The van der Waals surface area contributed by atoms with E-state index in [9.17, 15) is 8.42 Å². The average Bonchev–Trinajstić information content (AvgIpc) is 3.00. The standard InChI is InChI=1S/C25H24ClN3O4S/c1-17-16-28(13-14-29(17)34(30,31)20-10-7-18(26)8-11-20)25-21-15-19(32-2)9-12-23(21)33-24-6-4-3-5-22(24)27-25/h3-12,15,17H,13-14,16H2,1-2H3/t17-/m1/s1. The van der Waals surface area contributed by atoms with Crippen molar-refractivity contribution < 1.29 is 17.9 Å². The molecule has 7 nitrogen and oxygen atoms in total. The van der Waals surface area contributed by atoms with Crippen molar-refractivity contribution in [3.8, 4) is 17.2 Å². The summed E-state index contributed by atoms with van der Waals surface area (Å²) >= 11 is 5.95. The Labute approximate surface area is 204 Å². The summed E-state index contributed by atoms with van der Waals surface area (Å²) in [7, 11) is -2.03. The zero-order valence-corrected chi connectivity index (χ0v) is 20.4. The minimum Gasteiger partial charge on any atom is -0.497 e. The number of methoxy groups -OCH3 is 1. The zero-order valence-electron chi connectivity index (χ0n) is 18.8. The molecule has 1 atom stereocenters. The normalized spacial score (nSPS) is 18.3. The Balaban J connectivity index is 1.49. The number of hydrogen-bond donors (Lipinski definition) is 0. The van der Waals surface area contributed by atoms with Gasteiger partial charge in [-0.3, -0.25) is 0 Å². The van der Waals surface area contributed by atoms with E-state index in [4.69, 9.17) is 26.1 Å². The number of fused-ring (bicyclic) bond motifs is 2. The first-order chi connectivity index (χ1) is 16.4. The molecular weight excluding hydrogens is 474 g/mol. The van der Waals surface area contributed by atoms with Gasteiger partial charge in [-0.2, -0.15) is 4.31 Å². The van der Waals surface area contributed by atoms with Gasteiger partial charge in [0.25, 0.3) is 0 Å². The minimum absolute atomic E-state index is 0.237. The molecule has 0 aromatic heterocycles. The van der Waals surface area contributed by atoms with E-state index in [0.29, 0.717) is 41.9 Å². The van der Waals surface area contributed by atoms with Gasteiger partial charge >= 0.3 is 0 Å². The molecule has 34 heavy (non-hydrogen) atoms. The molecule has 0 unspecified atom stereocenters. The molecule has 2 aliphatic rings. The van der Waals surface area contributed by atoms with Crippen LogP contribution in [0.3, 0.4) is 0 Å². The summed E-state index contributed by atoms with van der Waals surface area (Å²) in [6.07, 6.45) is 0. The van der Waals surface area contributed by atoms with Crippen LogP contribution in [-0.4, -0.2) is 56.2 Å². The van der Waals surface area contributed by atoms with Gasteiger partial charge in [-0.1, -0.05) is 23.7 Å². The smallest absolute Gasteiger partial charge is 0.243 e. The highest BCUT2D eigenvalue weighted by molar-refractivity contribution is 7.89. The summed E-state index contributed by atoms with van der Waals surface area (Å²) in [6, 6.07) is 19.2. The highest BCUT2D eigenvalue weighted by Crippen LogP contribution is 2.39. The number of ether oxygens (including phenoxy) is 2. The molecule has 1 fully saturated rings. The van der Waals surface area contributed by atoms with E-state index >= 15 is 0 Å². The first-order valence-electron chi connectivity index (χ1n) is 10.9. The fourth-order valence-corrected chi connectivity index (χ4v) is 6.04. The van der Waals surface area contributed by atoms with Gasteiger partial charge in [-0.05, 0) is 61.5 Å². The monoisotopic (exact) mass is 497 g/mol. The third-order valence-corrected chi connectivity index (χ3v) is 8.31. The van der Waals surface area contributed by atoms with Crippen molar-refractivity contribution in [1.82, 2.24) is 9.21 Å². The lowest BCUT2D eigenvalue weighted by molar-refractivity contribution is 0.205. The predicted molar refractivity (Wildman–Crippen MR) is 132 cm³/mol. The Kier molecular flexibility index (Phi) is 5.97. The molecule has 2 aliphatic heterocycles. The van der Waals surface area contributed by atoms with Crippen LogP contribution in [0, 0.1) is 0 Å². The van der Waals surface area contributed by atoms with Gasteiger partial charge in [-0.25, -0.2) is 13.4 Å². The van der Waals surface area contributed by atoms with Gasteiger partial charge in [0, 0.05) is 30.7 Å². The molecule has 0 saturated carbocycles. The number of nitrogens with zero attached hydrogens (tertiary/aromatic N) is 3. The lowest BCUT2D eigenvalue weighted by Gasteiger charge is -2.40. The van der Waals surface area contributed by atoms with Crippen LogP contribution in [0.2, 0.25) is 5.02 Å². The zero-order chi connectivity index (χ0) is 23.9. The second kappa shape index (κ2) is 8.94. The Morgan fingerprint density at radius 1 is 1.03 bits per heavy atom. The topological polar surface area (TPSA) is 71.4 Å².